The predicted molar refractivity (Wildman–Crippen MR) is 153 cm³/mol. The highest BCUT2D eigenvalue weighted by atomic mass is 35.5. The molecule has 0 aliphatic carbocycles. The van der Waals surface area contributed by atoms with E-state index in [0.29, 0.717) is 28.7 Å². The number of amides is 2. The number of ether oxygens (including phenoxy) is 1. The van der Waals surface area contributed by atoms with Crippen molar-refractivity contribution < 1.29 is 27.5 Å². The fraction of sp³-hybridized carbons (Fsp3) is 0.222. The number of aromatic nitrogens is 2. The van der Waals surface area contributed by atoms with Crippen molar-refractivity contribution in [3.63, 3.8) is 0 Å². The lowest BCUT2D eigenvalue weighted by molar-refractivity contribution is -0.120. The van der Waals surface area contributed by atoms with E-state index >= 15 is 0 Å². The Labute approximate surface area is 247 Å². The molecule has 0 radical (unpaired) electrons. The highest BCUT2D eigenvalue weighted by Crippen LogP contribution is 2.37. The monoisotopic (exact) mass is 627 g/mol. The van der Waals surface area contributed by atoms with Gasteiger partial charge in [0.1, 0.15) is 18.2 Å². The first-order chi connectivity index (χ1) is 19.5. The van der Waals surface area contributed by atoms with Crippen molar-refractivity contribution in [1.29, 1.82) is 0 Å². The van der Waals surface area contributed by atoms with Crippen LogP contribution >= 0.6 is 34.8 Å². The fourth-order valence-electron chi connectivity index (χ4n) is 3.83. The second kappa shape index (κ2) is 12.9. The van der Waals surface area contributed by atoms with Crippen LogP contribution < -0.4 is 20.7 Å². The molecule has 216 valence electrons. The van der Waals surface area contributed by atoms with Gasteiger partial charge in [0.2, 0.25) is 11.9 Å². The zero-order valence-corrected chi connectivity index (χ0v) is 23.9. The molecule has 3 N–H and O–H groups in total. The normalized spacial score (nSPS) is 11.1. The summed E-state index contributed by atoms with van der Waals surface area (Å²) in [5, 5.41) is 8.72. The number of nitrogens with zero attached hydrogens (tertiary/aromatic N) is 2. The Kier molecular flexibility index (Phi) is 9.52. The van der Waals surface area contributed by atoms with Crippen LogP contribution in [0.25, 0.3) is 11.0 Å². The van der Waals surface area contributed by atoms with Crippen LogP contribution in [0, 0.1) is 5.82 Å². The number of benzene rings is 3. The number of anilines is 3. The fourth-order valence-corrected chi connectivity index (χ4v) is 4.54. The largest absolute Gasteiger partial charge is 0.487 e. The number of hydrogen-bond acceptors (Lipinski definition) is 5. The molecule has 1 aromatic heterocycles. The van der Waals surface area contributed by atoms with Gasteiger partial charge in [-0.15, -0.1) is 0 Å². The third-order valence-corrected chi connectivity index (χ3v) is 7.01. The molecular formula is C27H23Cl3F3N5O3. The van der Waals surface area contributed by atoms with Crippen molar-refractivity contribution in [3.05, 3.63) is 74.5 Å². The number of carbonyl (C=O) groups excluding carboxylic acids is 2. The molecule has 0 spiro atoms. The molecule has 0 aliphatic rings. The average molecular weight is 629 g/mol. The van der Waals surface area contributed by atoms with E-state index in [0.717, 1.165) is 6.07 Å². The van der Waals surface area contributed by atoms with Gasteiger partial charge >= 0.3 is 0 Å². The van der Waals surface area contributed by atoms with E-state index < -0.39 is 24.8 Å². The van der Waals surface area contributed by atoms with Gasteiger partial charge in [-0.2, -0.15) is 0 Å². The maximum atomic E-state index is 13.5. The first-order valence-electron chi connectivity index (χ1n) is 12.2. The third-order valence-electron chi connectivity index (χ3n) is 5.97. The summed E-state index contributed by atoms with van der Waals surface area (Å²) in [4.78, 5) is 29.3. The highest BCUT2D eigenvalue weighted by Gasteiger charge is 2.21. The number of carbonyl (C=O) groups is 2. The number of aryl methyl sites for hydroxylation is 1. The zero-order chi connectivity index (χ0) is 29.8. The Bertz CT molecular complexity index is 1630. The first kappa shape index (κ1) is 30.3. The molecule has 3 aromatic carbocycles. The number of halogens is 6. The number of rotatable bonds is 10. The van der Waals surface area contributed by atoms with E-state index in [9.17, 15) is 22.8 Å². The average Bonchev–Trinajstić information content (AvgIpc) is 3.24. The number of hydrogen-bond donors (Lipinski definition) is 3. The van der Waals surface area contributed by atoms with Crippen LogP contribution in [-0.4, -0.2) is 34.4 Å². The van der Waals surface area contributed by atoms with Crippen LogP contribution in [0.5, 0.6) is 5.75 Å². The van der Waals surface area contributed by atoms with Gasteiger partial charge in [0, 0.05) is 31.8 Å². The van der Waals surface area contributed by atoms with Crippen molar-refractivity contribution in [3.8, 4) is 5.75 Å². The van der Waals surface area contributed by atoms with Gasteiger partial charge in [-0.3, -0.25) is 9.59 Å². The molecule has 0 saturated heterocycles. The van der Waals surface area contributed by atoms with E-state index in [4.69, 9.17) is 39.5 Å². The predicted octanol–water partition coefficient (Wildman–Crippen LogP) is 7.34. The number of nitrogens with one attached hydrogen (secondary N) is 3. The van der Waals surface area contributed by atoms with E-state index in [1.165, 1.54) is 24.3 Å². The lowest BCUT2D eigenvalue weighted by Crippen LogP contribution is -2.21. The molecular weight excluding hydrogens is 606 g/mol. The summed E-state index contributed by atoms with van der Waals surface area (Å²) in [6, 6.07) is 9.68. The second-order valence-electron chi connectivity index (χ2n) is 8.77. The minimum absolute atomic E-state index is 0.0898. The quantitative estimate of drug-likeness (QED) is 0.171. The van der Waals surface area contributed by atoms with Crippen molar-refractivity contribution in [2.45, 2.75) is 26.3 Å². The van der Waals surface area contributed by atoms with Gasteiger partial charge < -0.3 is 25.3 Å². The van der Waals surface area contributed by atoms with Crippen molar-refractivity contribution >= 4 is 75.0 Å². The molecule has 8 nitrogen and oxygen atoms in total. The van der Waals surface area contributed by atoms with E-state index in [1.807, 2.05) is 0 Å². The maximum Gasteiger partial charge on any atom is 0.272 e. The smallest absolute Gasteiger partial charge is 0.272 e. The Morgan fingerprint density at radius 1 is 1.07 bits per heavy atom. The summed E-state index contributed by atoms with van der Waals surface area (Å²) in [6.07, 6.45) is -2.48. The zero-order valence-electron chi connectivity index (χ0n) is 21.6. The van der Waals surface area contributed by atoms with Crippen LogP contribution in [0.15, 0.2) is 42.5 Å². The van der Waals surface area contributed by atoms with Crippen LogP contribution in [0.2, 0.25) is 15.1 Å². The molecule has 4 aromatic rings. The van der Waals surface area contributed by atoms with Gasteiger partial charge in [0.05, 0.1) is 37.4 Å². The van der Waals surface area contributed by atoms with Crippen molar-refractivity contribution in [1.82, 2.24) is 14.9 Å². The molecule has 0 saturated carbocycles. The molecule has 0 bridgehead atoms. The van der Waals surface area contributed by atoms with Gasteiger partial charge in [-0.25, -0.2) is 18.2 Å². The topological polar surface area (TPSA) is 97.3 Å². The van der Waals surface area contributed by atoms with E-state index in [-0.39, 0.29) is 50.5 Å². The second-order valence-corrected chi connectivity index (χ2v) is 9.96. The highest BCUT2D eigenvalue weighted by molar-refractivity contribution is 6.39. The minimum atomic E-state index is -2.79. The molecule has 1 heterocycles. The lowest BCUT2D eigenvalue weighted by Gasteiger charge is -2.14. The van der Waals surface area contributed by atoms with Gasteiger partial charge in [0.25, 0.3) is 12.3 Å². The molecule has 0 unspecified atom stereocenters. The van der Waals surface area contributed by atoms with Crippen LogP contribution in [0.4, 0.5) is 30.5 Å². The summed E-state index contributed by atoms with van der Waals surface area (Å²) >= 11 is 18.8. The summed E-state index contributed by atoms with van der Waals surface area (Å²) in [6.45, 7) is 0.959. The number of imidazole rings is 1. The minimum Gasteiger partial charge on any atom is -0.487 e. The molecule has 0 fully saturated rings. The number of fused-ring (bicyclic) bond motifs is 1. The van der Waals surface area contributed by atoms with Gasteiger partial charge in [0.15, 0.2) is 0 Å². The van der Waals surface area contributed by atoms with E-state index in [2.05, 4.69) is 20.9 Å². The van der Waals surface area contributed by atoms with Crippen LogP contribution in [0.1, 0.15) is 29.3 Å². The molecule has 14 heteroatoms. The molecule has 0 aliphatic heterocycles. The number of alkyl halides is 2. The van der Waals surface area contributed by atoms with Crippen LogP contribution in [-0.2, 0) is 18.4 Å². The Morgan fingerprint density at radius 3 is 2.51 bits per heavy atom. The molecule has 41 heavy (non-hydrogen) atoms. The summed E-state index contributed by atoms with van der Waals surface area (Å²) in [5.41, 5.74) is 1.80. The summed E-state index contributed by atoms with van der Waals surface area (Å²) in [5.74, 6) is -1.39. The van der Waals surface area contributed by atoms with Crippen molar-refractivity contribution in [2.24, 2.45) is 7.05 Å². The molecule has 0 atom stereocenters. The standard InChI is InChI=1S/C27H23Cl3F3N5O3/c1-3-23(39)34-11-13-4-6-16(28)25(24(13)30)37-27-36-19-9-15(21(41-12-22(32)33)10-20(19)38(27)2)26(40)35-14-5-7-18(31)17(29)8-14/h4-10,22H,3,11-12H2,1-2H3,(H,34,39)(H,35,40)(H,36,37). The third kappa shape index (κ3) is 6.98. The summed E-state index contributed by atoms with van der Waals surface area (Å²) in [7, 11) is 1.65. The van der Waals surface area contributed by atoms with Gasteiger partial charge in [-0.05, 0) is 35.9 Å². The Morgan fingerprint density at radius 2 is 1.83 bits per heavy atom. The molecule has 2 amide bonds. The Hall–Kier alpha value is -3.67. The SMILES string of the molecule is CCC(=O)NCc1ccc(Cl)c(Nc2nc3cc(C(=O)Nc4ccc(F)c(Cl)c4)c(OCC(F)F)cc3n2C)c1Cl. The maximum absolute atomic E-state index is 13.5. The lowest BCUT2D eigenvalue weighted by atomic mass is 10.1. The Balaban J connectivity index is 1.70. The van der Waals surface area contributed by atoms with Crippen LogP contribution in [0.3, 0.4) is 0 Å². The van der Waals surface area contributed by atoms with Gasteiger partial charge in [-0.1, -0.05) is 47.8 Å². The molecule has 4 rings (SSSR count). The summed E-state index contributed by atoms with van der Waals surface area (Å²) < 4.78 is 46.4. The van der Waals surface area contributed by atoms with Crippen molar-refractivity contribution in [2.75, 3.05) is 17.2 Å². The van der Waals surface area contributed by atoms with E-state index in [1.54, 1.807) is 30.7 Å². The first-order valence-corrected chi connectivity index (χ1v) is 13.3.